The van der Waals surface area contributed by atoms with Gasteiger partial charge in [-0.05, 0) is 49.4 Å². The van der Waals surface area contributed by atoms with Crippen molar-refractivity contribution < 1.29 is 9.53 Å². The Labute approximate surface area is 183 Å². The molecule has 1 saturated heterocycles. The molecule has 2 aromatic carbocycles. The second-order valence-corrected chi connectivity index (χ2v) is 8.60. The van der Waals surface area contributed by atoms with Crippen LogP contribution in [0.1, 0.15) is 47.4 Å². The van der Waals surface area contributed by atoms with Crippen molar-refractivity contribution in [3.63, 3.8) is 0 Å². The number of nitrogens with zero attached hydrogens (tertiary/aromatic N) is 2. The van der Waals surface area contributed by atoms with Crippen LogP contribution in [0.2, 0.25) is 0 Å². The molecule has 1 aliphatic carbocycles. The number of likely N-dealkylation sites (N-methyl/N-ethyl adjacent to an activating group) is 1. The third-order valence-corrected chi connectivity index (χ3v) is 6.60. The van der Waals surface area contributed by atoms with Gasteiger partial charge < -0.3 is 14.6 Å². The zero-order valence-corrected chi connectivity index (χ0v) is 18.0. The van der Waals surface area contributed by atoms with Crippen LogP contribution in [0.3, 0.4) is 0 Å². The largest absolute Gasteiger partial charge is 0.379 e. The molecule has 3 atom stereocenters. The molecule has 1 amide bonds. The normalized spacial score (nSPS) is 23.3. The minimum absolute atomic E-state index is 0.0367. The second kappa shape index (κ2) is 8.67. The highest BCUT2D eigenvalue weighted by Gasteiger charge is 2.30. The molecule has 1 aromatic heterocycles. The maximum Gasteiger partial charge on any atom is 0.270 e. The number of hydrogen-bond acceptors (Lipinski definition) is 3. The highest BCUT2D eigenvalue weighted by atomic mass is 16.5. The molecule has 1 fully saturated rings. The molecular weight excluding hydrogens is 386 g/mol. The zero-order valence-electron chi connectivity index (χ0n) is 18.0. The van der Waals surface area contributed by atoms with E-state index >= 15 is 0 Å². The number of carbonyl (C=O) groups is 1. The molecule has 0 bridgehead atoms. The summed E-state index contributed by atoms with van der Waals surface area (Å²) in [5, 5.41) is 1.06. The molecule has 160 valence electrons. The quantitative estimate of drug-likeness (QED) is 0.609. The van der Waals surface area contributed by atoms with Gasteiger partial charge in [0.05, 0.1) is 25.3 Å². The molecule has 1 N–H and O–H groups in total. The SMILES string of the molecule is CCN(C(=O)c1cc2ccccc2[nH]1)[C@@H]1COCC(C=N[C@@H]2CCc3ccccc32)C1. The summed E-state index contributed by atoms with van der Waals surface area (Å²) >= 11 is 0. The fourth-order valence-corrected chi connectivity index (χ4v) is 4.99. The summed E-state index contributed by atoms with van der Waals surface area (Å²) in [6.07, 6.45) is 5.15. The number of rotatable bonds is 5. The molecular formula is C26H29N3O2. The Hall–Kier alpha value is -2.92. The first kappa shape index (κ1) is 20.0. The van der Waals surface area contributed by atoms with Crippen molar-refractivity contribution >= 4 is 23.0 Å². The first-order chi connectivity index (χ1) is 15.2. The monoisotopic (exact) mass is 415 g/mol. The van der Waals surface area contributed by atoms with Gasteiger partial charge >= 0.3 is 0 Å². The topological polar surface area (TPSA) is 57.7 Å². The van der Waals surface area contributed by atoms with Crippen LogP contribution in [0.4, 0.5) is 0 Å². The average molecular weight is 416 g/mol. The fraction of sp³-hybridized carbons (Fsp3) is 0.385. The van der Waals surface area contributed by atoms with Crippen molar-refractivity contribution in [2.45, 2.75) is 38.3 Å². The molecule has 1 aliphatic heterocycles. The summed E-state index contributed by atoms with van der Waals surface area (Å²) in [7, 11) is 0. The van der Waals surface area contributed by atoms with E-state index < -0.39 is 0 Å². The number of aryl methyl sites for hydroxylation is 1. The number of nitrogens with one attached hydrogen (secondary N) is 1. The van der Waals surface area contributed by atoms with Crippen LogP contribution >= 0.6 is 0 Å². The summed E-state index contributed by atoms with van der Waals surface area (Å²) in [6, 6.07) is 18.9. The Kier molecular flexibility index (Phi) is 5.60. The van der Waals surface area contributed by atoms with Gasteiger partial charge in [0.25, 0.3) is 5.91 Å². The van der Waals surface area contributed by atoms with Crippen molar-refractivity contribution in [1.29, 1.82) is 0 Å². The zero-order chi connectivity index (χ0) is 21.2. The van der Waals surface area contributed by atoms with E-state index in [4.69, 9.17) is 9.73 Å². The lowest BCUT2D eigenvalue weighted by molar-refractivity contribution is 0.00670. The van der Waals surface area contributed by atoms with Crippen molar-refractivity contribution in [2.75, 3.05) is 19.8 Å². The third-order valence-electron chi connectivity index (χ3n) is 6.60. The van der Waals surface area contributed by atoms with Crippen LogP contribution in [0.15, 0.2) is 59.6 Å². The molecule has 31 heavy (non-hydrogen) atoms. The van der Waals surface area contributed by atoms with Crippen molar-refractivity contribution in [3.05, 3.63) is 71.4 Å². The van der Waals surface area contributed by atoms with Gasteiger partial charge in [-0.1, -0.05) is 42.5 Å². The van der Waals surface area contributed by atoms with Gasteiger partial charge in [0.15, 0.2) is 0 Å². The smallest absolute Gasteiger partial charge is 0.270 e. The van der Waals surface area contributed by atoms with Gasteiger partial charge in [-0.15, -0.1) is 0 Å². The molecule has 0 saturated carbocycles. The number of benzene rings is 2. The van der Waals surface area contributed by atoms with Crippen LogP contribution in [0, 0.1) is 5.92 Å². The van der Waals surface area contributed by atoms with Crippen LogP contribution in [-0.4, -0.2) is 47.8 Å². The van der Waals surface area contributed by atoms with Crippen molar-refractivity contribution in [1.82, 2.24) is 9.88 Å². The third kappa shape index (κ3) is 4.02. The minimum atomic E-state index is 0.0367. The number of para-hydroxylation sites is 1. The summed E-state index contributed by atoms with van der Waals surface area (Å²) in [4.78, 5) is 23.4. The minimum Gasteiger partial charge on any atom is -0.379 e. The van der Waals surface area contributed by atoms with E-state index in [2.05, 4.69) is 35.5 Å². The first-order valence-electron chi connectivity index (χ1n) is 11.3. The second-order valence-electron chi connectivity index (χ2n) is 8.60. The number of amides is 1. The molecule has 2 heterocycles. The molecule has 5 nitrogen and oxygen atoms in total. The molecule has 3 aromatic rings. The van der Waals surface area contributed by atoms with Gasteiger partial charge in [0.1, 0.15) is 5.69 Å². The number of aromatic amines is 1. The van der Waals surface area contributed by atoms with E-state index in [1.54, 1.807) is 0 Å². The Morgan fingerprint density at radius 1 is 1.19 bits per heavy atom. The molecule has 2 aliphatic rings. The molecule has 5 rings (SSSR count). The van der Waals surface area contributed by atoms with Crippen LogP contribution in [0.25, 0.3) is 10.9 Å². The summed E-state index contributed by atoms with van der Waals surface area (Å²) in [5.41, 5.74) is 4.41. The van der Waals surface area contributed by atoms with E-state index in [0.717, 1.165) is 30.2 Å². The van der Waals surface area contributed by atoms with E-state index in [1.807, 2.05) is 42.2 Å². The Balaban J connectivity index is 1.28. The molecule has 0 spiro atoms. The Morgan fingerprint density at radius 2 is 2.03 bits per heavy atom. The van der Waals surface area contributed by atoms with Crippen molar-refractivity contribution in [2.24, 2.45) is 10.9 Å². The number of hydrogen-bond donors (Lipinski definition) is 1. The van der Waals surface area contributed by atoms with E-state index in [0.29, 0.717) is 25.5 Å². The van der Waals surface area contributed by atoms with E-state index in [9.17, 15) is 4.79 Å². The fourth-order valence-electron chi connectivity index (χ4n) is 4.99. The highest BCUT2D eigenvalue weighted by Crippen LogP contribution is 2.34. The standard InChI is InChI=1S/C26H29N3O2/c1-2-29(26(30)25-14-20-8-4-6-10-23(20)28-25)21-13-18(16-31-17-21)15-27-24-12-11-19-7-3-5-9-22(19)24/h3-10,14-15,18,21,24,28H,2,11-13,16-17H2,1H3/t18?,21-,24+/m0/s1. The Bertz CT molecular complexity index is 1070. The van der Waals surface area contributed by atoms with E-state index in [1.165, 1.54) is 11.1 Å². The maximum atomic E-state index is 13.3. The van der Waals surface area contributed by atoms with Crippen LogP contribution < -0.4 is 0 Å². The summed E-state index contributed by atoms with van der Waals surface area (Å²) < 4.78 is 5.91. The number of ether oxygens (including phenoxy) is 1. The van der Waals surface area contributed by atoms with Gasteiger partial charge in [0, 0.05) is 29.6 Å². The lowest BCUT2D eigenvalue weighted by Crippen LogP contribution is -2.47. The maximum absolute atomic E-state index is 13.3. The average Bonchev–Trinajstić information content (AvgIpc) is 3.43. The predicted molar refractivity (Wildman–Crippen MR) is 124 cm³/mol. The molecule has 0 radical (unpaired) electrons. The van der Waals surface area contributed by atoms with Gasteiger partial charge in [-0.3, -0.25) is 9.79 Å². The first-order valence-corrected chi connectivity index (χ1v) is 11.3. The van der Waals surface area contributed by atoms with Gasteiger partial charge in [-0.2, -0.15) is 0 Å². The molecule has 5 heteroatoms. The summed E-state index contributed by atoms with van der Waals surface area (Å²) in [5.74, 6) is 0.269. The summed E-state index contributed by atoms with van der Waals surface area (Å²) in [6.45, 7) is 3.94. The number of aromatic nitrogens is 1. The number of aliphatic imine (C=N–C) groups is 1. The lowest BCUT2D eigenvalue weighted by atomic mass is 9.97. The molecule has 1 unspecified atom stereocenters. The highest BCUT2D eigenvalue weighted by molar-refractivity contribution is 5.98. The predicted octanol–water partition coefficient (Wildman–Crippen LogP) is 4.79. The Morgan fingerprint density at radius 3 is 2.90 bits per heavy atom. The van der Waals surface area contributed by atoms with Gasteiger partial charge in [0.2, 0.25) is 0 Å². The van der Waals surface area contributed by atoms with Crippen LogP contribution in [-0.2, 0) is 11.2 Å². The number of fused-ring (bicyclic) bond motifs is 2. The lowest BCUT2D eigenvalue weighted by Gasteiger charge is -2.35. The van der Waals surface area contributed by atoms with E-state index in [-0.39, 0.29) is 23.9 Å². The number of carbonyl (C=O) groups excluding carboxylic acids is 1. The van der Waals surface area contributed by atoms with Crippen molar-refractivity contribution in [3.8, 4) is 0 Å². The van der Waals surface area contributed by atoms with Gasteiger partial charge in [-0.25, -0.2) is 0 Å². The van der Waals surface area contributed by atoms with Crippen LogP contribution in [0.5, 0.6) is 0 Å². The number of H-pyrrole nitrogens is 1.